The third-order valence-corrected chi connectivity index (χ3v) is 5.23. The summed E-state index contributed by atoms with van der Waals surface area (Å²) in [4.78, 5) is 10.2. The van der Waals surface area contributed by atoms with Crippen LogP contribution < -0.4 is 9.46 Å². The molecule has 0 atom stereocenters. The molecule has 0 fully saturated rings. The number of ether oxygens (including phenoxy) is 1. The molecule has 3 aromatic carbocycles. The first-order valence-corrected chi connectivity index (χ1v) is 9.51. The van der Waals surface area contributed by atoms with Crippen molar-refractivity contribution in [2.75, 3.05) is 4.72 Å². The topological polar surface area (TPSA) is 98.5 Å². The van der Waals surface area contributed by atoms with Crippen molar-refractivity contribution in [2.45, 2.75) is 4.90 Å². The number of para-hydroxylation sites is 1. The van der Waals surface area contributed by atoms with Gasteiger partial charge in [0.05, 0.1) is 20.5 Å². The highest BCUT2D eigenvalue weighted by Gasteiger charge is 2.18. The number of rotatable bonds is 6. The molecule has 0 aliphatic carbocycles. The molecule has 0 aliphatic heterocycles. The Labute approximate surface area is 160 Å². The molecule has 0 saturated carbocycles. The summed E-state index contributed by atoms with van der Waals surface area (Å²) in [5, 5.41) is 10.9. The third kappa shape index (κ3) is 4.55. The van der Waals surface area contributed by atoms with E-state index in [2.05, 4.69) is 4.72 Å². The maximum Gasteiger partial charge on any atom is 0.271 e. The van der Waals surface area contributed by atoms with Gasteiger partial charge in [0.15, 0.2) is 0 Å². The average Bonchev–Trinajstić information content (AvgIpc) is 2.64. The number of nitro groups is 1. The lowest BCUT2D eigenvalue weighted by Gasteiger charge is -2.10. The van der Waals surface area contributed by atoms with E-state index in [0.29, 0.717) is 11.5 Å². The number of benzene rings is 3. The van der Waals surface area contributed by atoms with Gasteiger partial charge in [-0.1, -0.05) is 29.8 Å². The number of hydrogen-bond acceptors (Lipinski definition) is 5. The molecule has 27 heavy (non-hydrogen) atoms. The van der Waals surface area contributed by atoms with E-state index in [4.69, 9.17) is 16.3 Å². The summed E-state index contributed by atoms with van der Waals surface area (Å²) in [7, 11) is -3.98. The lowest BCUT2D eigenvalue weighted by Crippen LogP contribution is -2.13. The molecule has 3 aromatic rings. The van der Waals surface area contributed by atoms with Gasteiger partial charge in [-0.15, -0.1) is 0 Å². The van der Waals surface area contributed by atoms with Gasteiger partial charge in [-0.3, -0.25) is 14.8 Å². The molecule has 9 heteroatoms. The molecule has 3 rings (SSSR count). The van der Waals surface area contributed by atoms with Crippen molar-refractivity contribution in [3.05, 3.63) is 87.9 Å². The van der Waals surface area contributed by atoms with Crippen LogP contribution in [0.5, 0.6) is 11.5 Å². The van der Waals surface area contributed by atoms with E-state index in [-0.39, 0.29) is 21.3 Å². The summed E-state index contributed by atoms with van der Waals surface area (Å²) >= 11 is 5.94. The first kappa shape index (κ1) is 18.7. The molecule has 0 bridgehead atoms. The maximum atomic E-state index is 12.5. The Kier molecular flexibility index (Phi) is 5.29. The standard InChI is InChI=1S/C18H13ClN2O5S/c19-17-11-6-13(21(22)23)12-18(17)20-27(24,25)16-9-7-15(8-10-16)26-14-4-2-1-3-5-14/h1-12,20H. The van der Waals surface area contributed by atoms with Crippen molar-refractivity contribution in [1.29, 1.82) is 0 Å². The number of nitrogens with zero attached hydrogens (tertiary/aromatic N) is 1. The number of hydrogen-bond donors (Lipinski definition) is 1. The smallest absolute Gasteiger partial charge is 0.271 e. The number of non-ortho nitro benzene ring substituents is 1. The third-order valence-electron chi connectivity index (χ3n) is 3.52. The fraction of sp³-hybridized carbons (Fsp3) is 0. The zero-order valence-corrected chi connectivity index (χ0v) is 15.3. The van der Waals surface area contributed by atoms with Gasteiger partial charge >= 0.3 is 0 Å². The van der Waals surface area contributed by atoms with Crippen LogP contribution in [0.2, 0.25) is 5.02 Å². The minimum Gasteiger partial charge on any atom is -0.457 e. The van der Waals surface area contributed by atoms with Gasteiger partial charge < -0.3 is 4.74 Å². The second-order valence-corrected chi connectivity index (χ2v) is 7.50. The highest BCUT2D eigenvalue weighted by Crippen LogP contribution is 2.29. The minimum absolute atomic E-state index is 0.0366. The van der Waals surface area contributed by atoms with Crippen molar-refractivity contribution in [3.63, 3.8) is 0 Å². The summed E-state index contributed by atoms with van der Waals surface area (Å²) in [6, 6.07) is 18.3. The van der Waals surface area contributed by atoms with Crippen molar-refractivity contribution in [3.8, 4) is 11.5 Å². The van der Waals surface area contributed by atoms with Crippen LogP contribution in [-0.4, -0.2) is 13.3 Å². The van der Waals surface area contributed by atoms with Crippen molar-refractivity contribution in [1.82, 2.24) is 0 Å². The lowest BCUT2D eigenvalue weighted by atomic mass is 10.3. The predicted octanol–water partition coefficient (Wildman–Crippen LogP) is 4.84. The molecule has 0 aromatic heterocycles. The summed E-state index contributed by atoms with van der Waals surface area (Å²) in [5.74, 6) is 1.09. The van der Waals surface area contributed by atoms with Crippen LogP contribution in [0.4, 0.5) is 11.4 Å². The second kappa shape index (κ2) is 7.65. The molecule has 0 heterocycles. The van der Waals surface area contributed by atoms with Crippen LogP contribution in [0.25, 0.3) is 0 Å². The molecule has 0 amide bonds. The molecule has 0 aliphatic rings. The Balaban J connectivity index is 1.81. The normalized spacial score (nSPS) is 11.0. The van der Waals surface area contributed by atoms with E-state index in [0.717, 1.165) is 6.07 Å². The summed E-state index contributed by atoms with van der Waals surface area (Å²) in [5.41, 5.74) is -0.348. The van der Waals surface area contributed by atoms with Crippen molar-refractivity contribution in [2.24, 2.45) is 0 Å². The molecule has 1 N–H and O–H groups in total. The second-order valence-electron chi connectivity index (χ2n) is 5.41. The molecular weight excluding hydrogens is 392 g/mol. The SMILES string of the molecule is O=[N+]([O-])c1ccc(Cl)c(NS(=O)(=O)c2ccc(Oc3ccccc3)cc2)c1. The van der Waals surface area contributed by atoms with Gasteiger partial charge in [0.1, 0.15) is 11.5 Å². The number of nitro benzene ring substituents is 1. The Morgan fingerprint density at radius 2 is 1.56 bits per heavy atom. The average molecular weight is 405 g/mol. The van der Waals surface area contributed by atoms with Gasteiger partial charge in [-0.2, -0.15) is 0 Å². The molecule has 138 valence electrons. The molecule has 0 saturated heterocycles. The quantitative estimate of drug-likeness (QED) is 0.468. The van der Waals surface area contributed by atoms with Crippen molar-refractivity contribution >= 4 is 33.0 Å². The molecule has 0 unspecified atom stereocenters. The molecule has 7 nitrogen and oxygen atoms in total. The fourth-order valence-corrected chi connectivity index (χ4v) is 3.51. The van der Waals surface area contributed by atoms with Gasteiger partial charge in [-0.25, -0.2) is 8.42 Å². The van der Waals surface area contributed by atoms with Gasteiger partial charge in [-0.05, 0) is 42.5 Å². The summed E-state index contributed by atoms with van der Waals surface area (Å²) in [6.07, 6.45) is 0. The summed E-state index contributed by atoms with van der Waals surface area (Å²) < 4.78 is 32.9. The van der Waals surface area contributed by atoms with Gasteiger partial charge in [0.2, 0.25) is 0 Å². The van der Waals surface area contributed by atoms with Crippen LogP contribution >= 0.6 is 11.6 Å². The molecular formula is C18H13ClN2O5S. The highest BCUT2D eigenvalue weighted by atomic mass is 35.5. The van der Waals surface area contributed by atoms with E-state index >= 15 is 0 Å². The lowest BCUT2D eigenvalue weighted by molar-refractivity contribution is -0.384. The Bertz CT molecular complexity index is 1070. The maximum absolute atomic E-state index is 12.5. The number of nitrogens with one attached hydrogen (secondary N) is 1. The number of anilines is 1. The predicted molar refractivity (Wildman–Crippen MR) is 102 cm³/mol. The van der Waals surface area contributed by atoms with Crippen LogP contribution in [0.1, 0.15) is 0 Å². The molecule has 0 radical (unpaired) electrons. The highest BCUT2D eigenvalue weighted by molar-refractivity contribution is 7.92. The first-order valence-electron chi connectivity index (χ1n) is 7.65. The van der Waals surface area contributed by atoms with E-state index < -0.39 is 14.9 Å². The van der Waals surface area contributed by atoms with Crippen molar-refractivity contribution < 1.29 is 18.1 Å². The summed E-state index contributed by atoms with van der Waals surface area (Å²) in [6.45, 7) is 0. The Morgan fingerprint density at radius 1 is 0.926 bits per heavy atom. The number of halogens is 1. The Morgan fingerprint density at radius 3 is 2.19 bits per heavy atom. The van der Waals surface area contributed by atoms with E-state index in [1.54, 1.807) is 12.1 Å². The van der Waals surface area contributed by atoms with Gasteiger partial charge in [0, 0.05) is 12.1 Å². The van der Waals surface area contributed by atoms with Gasteiger partial charge in [0.25, 0.3) is 15.7 Å². The largest absolute Gasteiger partial charge is 0.457 e. The van der Waals surface area contributed by atoms with E-state index in [9.17, 15) is 18.5 Å². The van der Waals surface area contributed by atoms with Crippen LogP contribution in [0, 0.1) is 10.1 Å². The van der Waals surface area contributed by atoms with Crippen LogP contribution in [0.15, 0.2) is 77.7 Å². The van der Waals surface area contributed by atoms with E-state index in [1.807, 2.05) is 18.2 Å². The zero-order chi connectivity index (χ0) is 19.4. The Hall–Kier alpha value is -3.10. The molecule has 0 spiro atoms. The fourth-order valence-electron chi connectivity index (χ4n) is 2.22. The van der Waals surface area contributed by atoms with Crippen LogP contribution in [0.3, 0.4) is 0 Å². The zero-order valence-electron chi connectivity index (χ0n) is 13.7. The number of sulfonamides is 1. The first-order chi connectivity index (χ1) is 12.8. The van der Waals surface area contributed by atoms with Crippen LogP contribution in [-0.2, 0) is 10.0 Å². The minimum atomic E-state index is -3.98. The monoisotopic (exact) mass is 404 g/mol. The van der Waals surface area contributed by atoms with E-state index in [1.165, 1.54) is 36.4 Å².